The normalized spacial score (nSPS) is 43.7. The van der Waals surface area contributed by atoms with E-state index in [0.717, 1.165) is 19.3 Å². The van der Waals surface area contributed by atoms with Gasteiger partial charge >= 0.3 is 6.18 Å². The van der Waals surface area contributed by atoms with Crippen LogP contribution in [0.4, 0.5) is 26.3 Å². The minimum absolute atomic E-state index is 0. The van der Waals surface area contributed by atoms with E-state index in [1.165, 1.54) is 6.92 Å². The van der Waals surface area contributed by atoms with Gasteiger partial charge in [-0.25, -0.2) is 13.2 Å². The summed E-state index contributed by atoms with van der Waals surface area (Å²) in [6, 6.07) is 0. The molecule has 1 nitrogen and oxygen atoms in total. The summed E-state index contributed by atoms with van der Waals surface area (Å²) >= 11 is 0. The van der Waals surface area contributed by atoms with Crippen molar-refractivity contribution in [3.63, 3.8) is 0 Å². The van der Waals surface area contributed by atoms with Crippen molar-refractivity contribution >= 4 is 0 Å². The maximum absolute atomic E-state index is 13.9. The van der Waals surface area contributed by atoms with E-state index in [9.17, 15) is 31.4 Å². The predicted octanol–water partition coefficient (Wildman–Crippen LogP) is 4.91. The molecule has 0 saturated heterocycles. The number of fused-ring (bicyclic) bond motifs is 9. The van der Waals surface area contributed by atoms with Gasteiger partial charge in [0, 0.05) is 0 Å². The molecule has 4 aliphatic carbocycles. The van der Waals surface area contributed by atoms with E-state index in [4.69, 9.17) is 0 Å². The van der Waals surface area contributed by atoms with E-state index >= 15 is 0 Å². The SMILES string of the molecule is C[C-]1C2CC(C3C4CCC(C4)C23)C1([C-](O)C(F)(F)F)C(F)(F)F.[Rf].[Rf].[Rf]. The second-order valence-electron chi connectivity index (χ2n) is 7.77. The topological polar surface area (TPSA) is 20.2 Å². The fourth-order valence-corrected chi connectivity index (χ4v) is 6.83. The van der Waals surface area contributed by atoms with Crippen LogP contribution in [-0.4, -0.2) is 17.5 Å². The Bertz CT molecular complexity index is 527. The van der Waals surface area contributed by atoms with E-state index in [-0.39, 0.29) is 30.1 Å². The average Bonchev–Trinajstić information content (AvgIpc) is 3.12. The van der Waals surface area contributed by atoms with Gasteiger partial charge in [-0.2, -0.15) is 26.0 Å². The fraction of sp³-hybridized carbons (Fsp3) is 0.875. The Kier molecular flexibility index (Phi) is 3.98. The molecule has 4 fully saturated rings. The van der Waals surface area contributed by atoms with E-state index in [1.54, 1.807) is 0 Å². The molecule has 10 heteroatoms. The molecular weight excluding hydrogens is 1120 g/mol. The molecule has 4 rings (SSSR count). The van der Waals surface area contributed by atoms with Gasteiger partial charge in [0.1, 0.15) is 0 Å². The number of alkyl halides is 6. The Morgan fingerprint density at radius 3 is 1.88 bits per heavy atom. The van der Waals surface area contributed by atoms with Crippen LogP contribution in [-0.2, 0) is 0 Å². The largest absolute Gasteiger partial charge is 0.556 e. The molecule has 4 aliphatic rings. The van der Waals surface area contributed by atoms with E-state index in [1.807, 2.05) is 0 Å². The first-order valence-electron chi connectivity index (χ1n) is 8.05. The monoisotopic (exact) mass is 1140 g/mol. The van der Waals surface area contributed by atoms with Gasteiger partial charge < -0.3 is 11.0 Å². The van der Waals surface area contributed by atoms with Gasteiger partial charge in [-0.3, -0.25) is 0 Å². The van der Waals surface area contributed by atoms with Crippen LogP contribution in [0.2, 0.25) is 0 Å². The third-order valence-corrected chi connectivity index (χ3v) is 7.31. The van der Waals surface area contributed by atoms with Crippen LogP contribution in [0.1, 0.15) is 32.6 Å². The zero-order chi connectivity index (χ0) is 16.9. The van der Waals surface area contributed by atoms with Gasteiger partial charge in [0.05, 0.1) is 0 Å². The maximum Gasteiger partial charge on any atom is 0.346 e. The van der Waals surface area contributed by atoms with Crippen LogP contribution in [0, 0.1) is 52.9 Å². The molecule has 4 saturated carbocycles. The number of hydrogen-bond donors (Lipinski definition) is 1. The third kappa shape index (κ3) is 1.77. The molecule has 0 heterocycles. The zero-order valence-corrected chi connectivity index (χ0v) is 33.8. The first kappa shape index (κ1) is 20.6. The molecule has 0 radical (unpaired) electrons. The molecule has 0 aliphatic heterocycles. The maximum atomic E-state index is 13.9. The van der Waals surface area contributed by atoms with Gasteiger partial charge in [0.25, 0.3) is 6.18 Å². The van der Waals surface area contributed by atoms with Crippen molar-refractivity contribution in [2.75, 3.05) is 0 Å². The summed E-state index contributed by atoms with van der Waals surface area (Å²) in [7, 11) is 0. The molecule has 0 aromatic carbocycles. The predicted molar refractivity (Wildman–Crippen MR) is 68.0 cm³/mol. The molecule has 138 valence electrons. The molecule has 0 aromatic rings. The van der Waals surface area contributed by atoms with Gasteiger partial charge in [-0.05, 0) is 37.0 Å². The van der Waals surface area contributed by atoms with E-state index in [0.29, 0.717) is 5.92 Å². The Morgan fingerprint density at radius 2 is 1.42 bits per heavy atom. The summed E-state index contributed by atoms with van der Waals surface area (Å²) in [4.78, 5) is 0. The molecule has 7 atom stereocenters. The number of rotatable bonds is 1. The van der Waals surface area contributed by atoms with Gasteiger partial charge in [-0.15, -0.1) is 11.5 Å². The standard InChI is InChI=1S/C16H18F6O.3Rf/c1-6-9-5-10(12-8-3-2-7(4-8)11(9)12)14(6,16(20,21)22)13(23)15(17,18)19;;;/h7-12,23H,2-5H2,1H3;;;/q-2;;;. The van der Waals surface area contributed by atoms with Crippen LogP contribution in [0.3, 0.4) is 0 Å². The van der Waals surface area contributed by atoms with Gasteiger partial charge in [0.15, 0.2) is 0 Å². The molecular formula is C16H18F6ORf3-2. The Morgan fingerprint density at radius 1 is 0.923 bits per heavy atom. The number of aliphatic hydroxyl groups excluding tert-OH is 1. The van der Waals surface area contributed by atoms with E-state index in [2.05, 4.69) is 0 Å². The second kappa shape index (κ2) is 5.02. The smallest absolute Gasteiger partial charge is 0.346 e. The van der Waals surface area contributed by atoms with Gasteiger partial charge in [0.2, 0.25) is 0 Å². The van der Waals surface area contributed by atoms with Crippen molar-refractivity contribution in [2.24, 2.45) is 40.9 Å². The van der Waals surface area contributed by atoms with E-state index < -0.39 is 35.7 Å². The van der Waals surface area contributed by atoms with Crippen LogP contribution < -0.4 is 0 Å². The molecule has 0 spiro atoms. The summed E-state index contributed by atoms with van der Waals surface area (Å²) in [5.41, 5.74) is -3.19. The molecule has 0 aromatic heterocycles. The average molecular weight is 1140 g/mol. The number of aliphatic hydroxyl groups is 1. The number of hydrogen-bond acceptors (Lipinski definition) is 1. The first-order valence-corrected chi connectivity index (χ1v) is 8.05. The minimum Gasteiger partial charge on any atom is -0.556 e. The summed E-state index contributed by atoms with van der Waals surface area (Å²) in [5.74, 6) is -1.59. The second-order valence-corrected chi connectivity index (χ2v) is 7.77. The van der Waals surface area contributed by atoms with Crippen molar-refractivity contribution in [3.8, 4) is 0 Å². The Balaban J connectivity index is 0.00000113. The summed E-state index contributed by atoms with van der Waals surface area (Å²) < 4.78 is 81.0. The van der Waals surface area contributed by atoms with Crippen LogP contribution >= 0.6 is 0 Å². The summed E-state index contributed by atoms with van der Waals surface area (Å²) in [6.45, 7) is 1.18. The first-order chi connectivity index (χ1) is 10.5. The molecule has 0 amide bonds. The van der Waals surface area contributed by atoms with Crippen LogP contribution in [0.15, 0.2) is 0 Å². The summed E-state index contributed by atoms with van der Waals surface area (Å²) in [5, 5.41) is 9.71. The van der Waals surface area contributed by atoms with Crippen molar-refractivity contribution in [2.45, 2.75) is 45.0 Å². The molecule has 1 N–H and O–H groups in total. The third-order valence-electron chi connectivity index (χ3n) is 7.31. The van der Waals surface area contributed by atoms with Crippen molar-refractivity contribution < 1.29 is 31.4 Å². The summed E-state index contributed by atoms with van der Waals surface area (Å²) in [6.07, 6.45) is -10.0. The van der Waals surface area contributed by atoms with Crippen LogP contribution in [0.5, 0.6) is 0 Å². The van der Waals surface area contributed by atoms with Gasteiger partial charge in [-0.1, -0.05) is 18.3 Å². The molecule has 4 bridgehead atoms. The number of halogens is 6. The van der Waals surface area contributed by atoms with Crippen molar-refractivity contribution in [3.05, 3.63) is 12.0 Å². The molecule has 26 heavy (non-hydrogen) atoms. The Hall–Kier alpha value is -3.46. The Labute approximate surface area is 130 Å². The van der Waals surface area contributed by atoms with Crippen molar-refractivity contribution in [1.29, 1.82) is 0 Å². The zero-order valence-electron chi connectivity index (χ0n) is 14.6. The minimum atomic E-state index is -5.35. The molecule has 7 unspecified atom stereocenters. The quantitative estimate of drug-likeness (QED) is 0.225. The van der Waals surface area contributed by atoms with Crippen LogP contribution in [0.25, 0.3) is 0 Å². The fourth-order valence-electron chi connectivity index (χ4n) is 6.83. The van der Waals surface area contributed by atoms with Crippen molar-refractivity contribution in [1.82, 2.24) is 0 Å².